The van der Waals surface area contributed by atoms with Gasteiger partial charge in [0, 0.05) is 39.9 Å². The number of thioether (sulfide) groups is 3. The second-order valence-electron chi connectivity index (χ2n) is 30.1. The molecule has 3 aromatic carbocycles. The molecule has 0 saturated carbocycles. The van der Waals surface area contributed by atoms with Crippen molar-refractivity contribution in [2.45, 2.75) is 357 Å². The maximum absolute atomic E-state index is 13.8. The minimum absolute atomic E-state index is 0.0797. The van der Waals surface area contributed by atoms with E-state index in [0.29, 0.717) is 36.5 Å². The molecule has 518 valence electrons. The molecule has 0 aliphatic rings. The summed E-state index contributed by atoms with van der Waals surface area (Å²) in [4.78, 5) is 41.1. The summed E-state index contributed by atoms with van der Waals surface area (Å²) in [6, 6.07) is 13.3. The second kappa shape index (κ2) is 46.3. The first-order valence-electron chi connectivity index (χ1n) is 37.2. The fourth-order valence-corrected chi connectivity index (χ4v) is 15.4. The van der Waals surface area contributed by atoms with E-state index >= 15 is 0 Å². The Bertz CT molecular complexity index is 2380. The lowest BCUT2D eigenvalue weighted by atomic mass is 9.74. The first kappa shape index (κ1) is 82.4. The molecule has 3 aromatic rings. The van der Waals surface area contributed by atoms with Crippen LogP contribution < -0.4 is 14.2 Å². The van der Waals surface area contributed by atoms with E-state index in [-0.39, 0.29) is 46.0 Å². The van der Waals surface area contributed by atoms with Crippen molar-refractivity contribution in [3.8, 4) is 17.2 Å². The summed E-state index contributed by atoms with van der Waals surface area (Å²) in [7, 11) is 0. The smallest absolute Gasteiger partial charge is 0.312 e. The van der Waals surface area contributed by atoms with Crippen LogP contribution in [0.2, 0.25) is 0 Å². The van der Waals surface area contributed by atoms with Gasteiger partial charge in [0.25, 0.3) is 0 Å². The van der Waals surface area contributed by atoms with E-state index in [4.69, 9.17) is 14.2 Å². The standard InChI is InChI=1S/C82H136O6S3/c1-17-20-23-26-29-32-35-38-41-44-50-89-53-47-77(83)86-74-57-64(5)67(60-71(74)80(8,9)10)63(4)56-70(68-61-72(81(11,12)13)75(58-65(68)6)87-78(84)48-54-90-51-45-42-39-36-33-30-27-24-21-18-2)69-62-73(82(14,15)16)76(59-66(69)7)88-79(85)49-55-91-52-46-43-40-37-34-31-28-25-22-19-3/h57-63,70H,17-56H2,1-16H3. The van der Waals surface area contributed by atoms with Gasteiger partial charge < -0.3 is 14.2 Å². The van der Waals surface area contributed by atoms with Gasteiger partial charge in [-0.1, -0.05) is 282 Å². The third kappa shape index (κ3) is 34.1. The molecule has 0 N–H and O–H groups in total. The van der Waals surface area contributed by atoms with Crippen LogP contribution in [-0.2, 0) is 30.6 Å². The molecule has 0 aliphatic carbocycles. The molecule has 0 heterocycles. The van der Waals surface area contributed by atoms with Crippen molar-refractivity contribution >= 4 is 53.2 Å². The van der Waals surface area contributed by atoms with E-state index < -0.39 is 0 Å². The van der Waals surface area contributed by atoms with Crippen LogP contribution >= 0.6 is 35.3 Å². The number of carbonyl (C=O) groups excluding carboxylic acids is 3. The van der Waals surface area contributed by atoms with Gasteiger partial charge in [-0.05, 0) is 137 Å². The number of hydrogen-bond donors (Lipinski definition) is 0. The maximum atomic E-state index is 13.8. The van der Waals surface area contributed by atoms with Crippen molar-refractivity contribution in [1.29, 1.82) is 0 Å². The molecule has 0 fully saturated rings. The van der Waals surface area contributed by atoms with Crippen LogP contribution in [0.4, 0.5) is 0 Å². The zero-order valence-corrected chi connectivity index (χ0v) is 64.0. The predicted octanol–water partition coefficient (Wildman–Crippen LogP) is 25.7. The normalized spacial score (nSPS) is 12.5. The van der Waals surface area contributed by atoms with Crippen molar-refractivity contribution in [2.75, 3.05) is 34.5 Å². The van der Waals surface area contributed by atoms with Crippen LogP contribution in [0.1, 0.15) is 370 Å². The number of hydrogen-bond acceptors (Lipinski definition) is 9. The van der Waals surface area contributed by atoms with Gasteiger partial charge in [-0.25, -0.2) is 0 Å². The molecule has 9 heteroatoms. The Balaban J connectivity index is 1.91. The molecule has 0 aliphatic heterocycles. The summed E-state index contributed by atoms with van der Waals surface area (Å²) in [5.41, 5.74) is 8.98. The van der Waals surface area contributed by atoms with E-state index in [9.17, 15) is 14.4 Å². The van der Waals surface area contributed by atoms with Crippen molar-refractivity contribution in [1.82, 2.24) is 0 Å². The minimum atomic E-state index is -0.329. The molecule has 0 amide bonds. The largest absolute Gasteiger partial charge is 0.426 e. The molecule has 0 saturated heterocycles. The average molecular weight is 1310 g/mol. The van der Waals surface area contributed by atoms with Crippen LogP contribution in [0.15, 0.2) is 36.4 Å². The van der Waals surface area contributed by atoms with Crippen molar-refractivity contribution < 1.29 is 28.6 Å². The highest BCUT2D eigenvalue weighted by Crippen LogP contribution is 2.47. The third-order valence-electron chi connectivity index (χ3n) is 18.3. The molecule has 0 radical (unpaired) electrons. The van der Waals surface area contributed by atoms with Gasteiger partial charge in [-0.2, -0.15) is 35.3 Å². The van der Waals surface area contributed by atoms with Crippen LogP contribution in [-0.4, -0.2) is 52.4 Å². The predicted molar refractivity (Wildman–Crippen MR) is 403 cm³/mol. The fraction of sp³-hybridized carbons (Fsp3) is 0.744. The fourth-order valence-electron chi connectivity index (χ4n) is 12.7. The second-order valence-corrected chi connectivity index (χ2v) is 33.8. The molecular weight excluding hydrogens is 1180 g/mol. The maximum Gasteiger partial charge on any atom is 0.312 e. The molecule has 1 unspecified atom stereocenters. The Kier molecular flexibility index (Phi) is 41.9. The summed E-state index contributed by atoms with van der Waals surface area (Å²) >= 11 is 5.61. The van der Waals surface area contributed by atoms with Crippen molar-refractivity contribution in [3.05, 3.63) is 86.5 Å². The number of ether oxygens (including phenoxy) is 3. The highest BCUT2D eigenvalue weighted by Gasteiger charge is 2.32. The monoisotopic (exact) mass is 1310 g/mol. The summed E-state index contributed by atoms with van der Waals surface area (Å²) in [5.74, 6) is 6.96. The highest BCUT2D eigenvalue weighted by molar-refractivity contribution is 7.99. The van der Waals surface area contributed by atoms with Gasteiger partial charge in [0.05, 0.1) is 19.3 Å². The number of rotatable bonds is 50. The van der Waals surface area contributed by atoms with Gasteiger partial charge in [0.2, 0.25) is 0 Å². The Morgan fingerprint density at radius 3 is 0.824 bits per heavy atom. The minimum Gasteiger partial charge on any atom is -0.426 e. The van der Waals surface area contributed by atoms with Gasteiger partial charge in [0.15, 0.2) is 0 Å². The summed E-state index contributed by atoms with van der Waals surface area (Å²) in [5, 5.41) is 0. The number of carbonyl (C=O) groups is 3. The van der Waals surface area contributed by atoms with E-state index in [1.54, 1.807) is 0 Å². The zero-order chi connectivity index (χ0) is 67.1. The quantitative estimate of drug-likeness (QED) is 0.0312. The van der Waals surface area contributed by atoms with E-state index in [2.05, 4.69) is 147 Å². The summed E-state index contributed by atoms with van der Waals surface area (Å²) < 4.78 is 19.1. The molecule has 91 heavy (non-hydrogen) atoms. The van der Waals surface area contributed by atoms with E-state index in [1.807, 2.05) is 35.3 Å². The van der Waals surface area contributed by atoms with Gasteiger partial charge in [-0.15, -0.1) is 0 Å². The van der Waals surface area contributed by atoms with Crippen LogP contribution in [0, 0.1) is 20.8 Å². The summed E-state index contributed by atoms with van der Waals surface area (Å²) in [6.45, 7) is 35.6. The molecular formula is C82H136O6S3. The number of unbranched alkanes of at least 4 members (excludes halogenated alkanes) is 27. The first-order chi connectivity index (χ1) is 43.4. The Labute approximate surface area is 573 Å². The molecule has 6 nitrogen and oxygen atoms in total. The number of esters is 3. The Morgan fingerprint density at radius 1 is 0.341 bits per heavy atom. The SMILES string of the molecule is CCCCCCCCCCCCSCCC(=O)Oc1cc(C)c(C(C)CC(c2cc(C(C)(C)C)c(OC(=O)CCSCCCCCCCCCCCC)cc2C)c2cc(C(C)(C)C)c(OC(=O)CCSCCCCCCCCCCCC)cc2C)cc1C(C)(C)C. The van der Waals surface area contributed by atoms with Gasteiger partial charge >= 0.3 is 17.9 Å². The topological polar surface area (TPSA) is 78.9 Å². The van der Waals surface area contributed by atoms with E-state index in [0.717, 1.165) is 74.3 Å². The average Bonchev–Trinajstić information content (AvgIpc) is 0.964. The molecule has 0 aromatic heterocycles. The van der Waals surface area contributed by atoms with Crippen molar-refractivity contribution in [3.63, 3.8) is 0 Å². The van der Waals surface area contributed by atoms with E-state index in [1.165, 1.54) is 209 Å². The number of benzene rings is 3. The lowest BCUT2D eigenvalue weighted by Crippen LogP contribution is -2.21. The lowest BCUT2D eigenvalue weighted by Gasteiger charge is -2.32. The zero-order valence-electron chi connectivity index (χ0n) is 61.6. The molecule has 0 spiro atoms. The van der Waals surface area contributed by atoms with Gasteiger partial charge in [-0.3, -0.25) is 14.4 Å². The molecule has 1 atom stereocenters. The molecule has 0 bridgehead atoms. The third-order valence-corrected chi connectivity index (χ3v) is 21.6. The highest BCUT2D eigenvalue weighted by atomic mass is 32.2. The molecule has 3 rings (SSSR count). The number of aryl methyl sites for hydroxylation is 3. The van der Waals surface area contributed by atoms with Crippen LogP contribution in [0.3, 0.4) is 0 Å². The van der Waals surface area contributed by atoms with Crippen LogP contribution in [0.5, 0.6) is 17.2 Å². The first-order valence-corrected chi connectivity index (χ1v) is 40.7. The van der Waals surface area contributed by atoms with Gasteiger partial charge in [0.1, 0.15) is 17.2 Å². The van der Waals surface area contributed by atoms with Crippen molar-refractivity contribution in [2.24, 2.45) is 0 Å². The Hall–Kier alpha value is -2.88. The summed E-state index contributed by atoms with van der Waals surface area (Å²) in [6.07, 6.45) is 41.7. The van der Waals surface area contributed by atoms with Crippen LogP contribution in [0.25, 0.3) is 0 Å². The Morgan fingerprint density at radius 2 is 0.571 bits per heavy atom. The lowest BCUT2D eigenvalue weighted by molar-refractivity contribution is -0.134.